The van der Waals surface area contributed by atoms with Crippen LogP contribution in [0.25, 0.3) is 11.5 Å². The molecule has 35 heavy (non-hydrogen) atoms. The fourth-order valence-corrected chi connectivity index (χ4v) is 4.15. The maximum Gasteiger partial charge on any atom is 0.324 e. The van der Waals surface area contributed by atoms with Crippen molar-refractivity contribution in [3.8, 4) is 11.5 Å². The van der Waals surface area contributed by atoms with Gasteiger partial charge in [-0.1, -0.05) is 11.6 Å². The number of halogens is 3. The quantitative estimate of drug-likeness (QED) is 0.503. The fraction of sp³-hybridized carbons (Fsp3) is 0.391. The van der Waals surface area contributed by atoms with Gasteiger partial charge in [0.05, 0.1) is 37.1 Å². The highest BCUT2D eigenvalue weighted by Crippen LogP contribution is 2.25. The van der Waals surface area contributed by atoms with Gasteiger partial charge in [0.2, 0.25) is 5.89 Å². The lowest BCUT2D eigenvalue weighted by Crippen LogP contribution is -2.59. The molecule has 0 atom stereocenters. The van der Waals surface area contributed by atoms with Gasteiger partial charge in [0.25, 0.3) is 5.89 Å². The van der Waals surface area contributed by atoms with E-state index in [1.807, 2.05) is 4.90 Å². The summed E-state index contributed by atoms with van der Waals surface area (Å²) in [7, 11) is 0. The first-order valence-corrected chi connectivity index (χ1v) is 11.6. The molecule has 2 aliphatic heterocycles. The molecule has 5 rings (SSSR count). The van der Waals surface area contributed by atoms with E-state index in [-0.39, 0.29) is 18.5 Å². The predicted molar refractivity (Wildman–Crippen MR) is 123 cm³/mol. The third kappa shape index (κ3) is 5.26. The van der Waals surface area contributed by atoms with E-state index in [0.29, 0.717) is 41.1 Å². The van der Waals surface area contributed by atoms with Gasteiger partial charge in [-0.3, -0.25) is 14.8 Å². The second-order valence-electron chi connectivity index (χ2n) is 8.34. The highest BCUT2D eigenvalue weighted by Gasteiger charge is 2.32. The van der Waals surface area contributed by atoms with Crippen molar-refractivity contribution in [2.24, 2.45) is 0 Å². The number of benzene rings is 1. The number of hydrogen-bond donors (Lipinski definition) is 0. The number of piperazine rings is 1. The van der Waals surface area contributed by atoms with Crippen LogP contribution >= 0.6 is 11.6 Å². The summed E-state index contributed by atoms with van der Waals surface area (Å²) in [5, 5.41) is 7.55. The van der Waals surface area contributed by atoms with Crippen LogP contribution in [0, 0.1) is 0 Å². The predicted octanol–water partition coefficient (Wildman–Crippen LogP) is 3.87. The molecule has 2 saturated heterocycles. The Labute approximate surface area is 205 Å². The summed E-state index contributed by atoms with van der Waals surface area (Å²) < 4.78 is 35.7. The van der Waals surface area contributed by atoms with Crippen molar-refractivity contribution in [2.45, 2.75) is 19.0 Å². The van der Waals surface area contributed by atoms with Crippen molar-refractivity contribution >= 4 is 23.3 Å². The van der Waals surface area contributed by atoms with Crippen LogP contribution < -0.4 is 4.90 Å². The lowest BCUT2D eigenvalue weighted by molar-refractivity contribution is -0.0738. The number of rotatable bonds is 6. The van der Waals surface area contributed by atoms with Gasteiger partial charge < -0.3 is 14.1 Å². The number of alkyl halides is 2. The molecule has 184 valence electrons. The minimum atomic E-state index is -2.84. The molecule has 0 bridgehead atoms. The van der Waals surface area contributed by atoms with Crippen LogP contribution in [-0.4, -0.2) is 76.4 Å². The number of aromatic nitrogens is 3. The molecule has 2 aromatic heterocycles. The third-order valence-electron chi connectivity index (χ3n) is 6.11. The molecule has 2 amide bonds. The zero-order valence-electron chi connectivity index (χ0n) is 18.7. The summed E-state index contributed by atoms with van der Waals surface area (Å²) in [6, 6.07) is 10.7. The summed E-state index contributed by atoms with van der Waals surface area (Å²) >= 11 is 6.06. The lowest BCUT2D eigenvalue weighted by atomic mass is 10.2. The average molecular weight is 505 g/mol. The maximum absolute atomic E-state index is 13.5. The van der Waals surface area contributed by atoms with Crippen LogP contribution in [0.2, 0.25) is 5.02 Å². The van der Waals surface area contributed by atoms with Gasteiger partial charge in [-0.25, -0.2) is 4.79 Å². The highest BCUT2D eigenvalue weighted by molar-refractivity contribution is 6.30. The molecular weight excluding hydrogens is 482 g/mol. The van der Waals surface area contributed by atoms with E-state index in [0.717, 1.165) is 26.3 Å². The van der Waals surface area contributed by atoms with Gasteiger partial charge in [0.15, 0.2) is 0 Å². The minimum Gasteiger partial charge on any atom is -0.415 e. The molecule has 9 nitrogen and oxygen atoms in total. The van der Waals surface area contributed by atoms with E-state index in [9.17, 15) is 13.6 Å². The van der Waals surface area contributed by atoms with Crippen LogP contribution in [-0.2, 0) is 11.3 Å². The Hall–Kier alpha value is -3.15. The Morgan fingerprint density at radius 3 is 2.40 bits per heavy atom. The molecule has 3 aromatic rings. The number of hydrogen-bond acceptors (Lipinski definition) is 7. The van der Waals surface area contributed by atoms with Gasteiger partial charge in [-0.15, -0.1) is 10.2 Å². The molecule has 0 N–H and O–H groups in total. The number of urea groups is 1. The number of nitrogens with zero attached hydrogens (tertiary/aromatic N) is 6. The Kier molecular flexibility index (Phi) is 6.89. The van der Waals surface area contributed by atoms with Gasteiger partial charge in [-0.2, -0.15) is 8.78 Å². The smallest absolute Gasteiger partial charge is 0.324 e. The number of anilines is 1. The zero-order chi connectivity index (χ0) is 24.4. The van der Waals surface area contributed by atoms with Crippen molar-refractivity contribution in [3.63, 3.8) is 0 Å². The first-order chi connectivity index (χ1) is 17.0. The van der Waals surface area contributed by atoms with E-state index in [2.05, 4.69) is 20.1 Å². The maximum atomic E-state index is 13.5. The van der Waals surface area contributed by atoms with Crippen LogP contribution in [0.1, 0.15) is 18.0 Å². The van der Waals surface area contributed by atoms with Crippen molar-refractivity contribution in [1.82, 2.24) is 25.0 Å². The Balaban J connectivity index is 1.31. The summed E-state index contributed by atoms with van der Waals surface area (Å²) in [6.07, 6.45) is -1.38. The summed E-state index contributed by atoms with van der Waals surface area (Å²) in [5.74, 6) is -0.784. The molecule has 0 spiro atoms. The second kappa shape index (κ2) is 10.2. The van der Waals surface area contributed by atoms with Gasteiger partial charge in [0.1, 0.15) is 0 Å². The Morgan fingerprint density at radius 1 is 1.09 bits per heavy atom. The largest absolute Gasteiger partial charge is 0.415 e. The SMILES string of the molecule is O=C(N1CCN(C2COC2)CC1)N(Cc1ccc(-c2nnc(C(F)F)o2)cn1)c1ccc(Cl)cc1. The molecule has 2 aliphatic rings. The summed E-state index contributed by atoms with van der Waals surface area (Å²) in [6.45, 7) is 4.55. The van der Waals surface area contributed by atoms with E-state index < -0.39 is 12.3 Å². The van der Waals surface area contributed by atoms with Crippen molar-refractivity contribution < 1.29 is 22.7 Å². The number of pyridine rings is 1. The van der Waals surface area contributed by atoms with E-state index >= 15 is 0 Å². The van der Waals surface area contributed by atoms with E-state index in [4.69, 9.17) is 20.8 Å². The first kappa shape index (κ1) is 23.6. The Bertz CT molecular complexity index is 1150. The summed E-state index contributed by atoms with van der Waals surface area (Å²) in [4.78, 5) is 23.8. The second-order valence-corrected chi connectivity index (χ2v) is 8.78. The standard InChI is InChI=1S/C23H23ClF2N6O3/c24-16-2-5-18(6-3-16)32(23(33)31-9-7-30(8-10-31)19-13-34-14-19)12-17-4-1-15(11-27-17)21-28-29-22(35-21)20(25)26/h1-6,11,19-20H,7-10,12-14H2. The van der Waals surface area contributed by atoms with E-state index in [1.165, 1.54) is 6.20 Å². The fourth-order valence-electron chi connectivity index (χ4n) is 4.02. The summed E-state index contributed by atoms with van der Waals surface area (Å²) in [5.41, 5.74) is 1.71. The molecule has 1 aromatic carbocycles. The van der Waals surface area contributed by atoms with Crippen LogP contribution in [0.5, 0.6) is 0 Å². The van der Waals surface area contributed by atoms with Gasteiger partial charge in [-0.05, 0) is 36.4 Å². The van der Waals surface area contributed by atoms with Gasteiger partial charge in [0, 0.05) is 43.1 Å². The van der Waals surface area contributed by atoms with Crippen molar-refractivity contribution in [2.75, 3.05) is 44.3 Å². The van der Waals surface area contributed by atoms with Crippen LogP contribution in [0.3, 0.4) is 0 Å². The molecule has 0 saturated carbocycles. The average Bonchev–Trinajstić information content (AvgIpc) is 3.34. The van der Waals surface area contributed by atoms with Crippen molar-refractivity contribution in [1.29, 1.82) is 0 Å². The first-order valence-electron chi connectivity index (χ1n) is 11.2. The normalized spacial score (nSPS) is 17.0. The van der Waals surface area contributed by atoms with Crippen LogP contribution in [0.15, 0.2) is 47.0 Å². The van der Waals surface area contributed by atoms with Crippen LogP contribution in [0.4, 0.5) is 19.3 Å². The zero-order valence-corrected chi connectivity index (χ0v) is 19.4. The lowest BCUT2D eigenvalue weighted by Gasteiger charge is -2.43. The third-order valence-corrected chi connectivity index (χ3v) is 6.36. The molecule has 4 heterocycles. The molecular formula is C23H23ClF2N6O3. The topological polar surface area (TPSA) is 87.8 Å². The monoisotopic (exact) mass is 504 g/mol. The van der Waals surface area contributed by atoms with Crippen molar-refractivity contribution in [3.05, 3.63) is 59.2 Å². The number of amides is 2. The molecule has 0 aliphatic carbocycles. The molecule has 0 unspecified atom stereocenters. The number of ether oxygens (including phenoxy) is 1. The Morgan fingerprint density at radius 2 is 1.83 bits per heavy atom. The molecule has 0 radical (unpaired) electrons. The number of carbonyl (C=O) groups is 1. The molecule has 2 fully saturated rings. The number of carbonyl (C=O) groups excluding carboxylic acids is 1. The van der Waals surface area contributed by atoms with Gasteiger partial charge >= 0.3 is 12.5 Å². The van der Waals surface area contributed by atoms with E-state index in [1.54, 1.807) is 41.3 Å². The highest BCUT2D eigenvalue weighted by atomic mass is 35.5. The minimum absolute atomic E-state index is 0.0419. The molecule has 12 heteroatoms.